The summed E-state index contributed by atoms with van der Waals surface area (Å²) in [6, 6.07) is 9.45. The van der Waals surface area contributed by atoms with E-state index in [2.05, 4.69) is 5.32 Å². The highest BCUT2D eigenvalue weighted by Crippen LogP contribution is 2.15. The maximum atomic E-state index is 11.4. The van der Waals surface area contributed by atoms with Crippen LogP contribution < -0.4 is 10.1 Å². The summed E-state index contributed by atoms with van der Waals surface area (Å²) in [5.41, 5.74) is 0. The molecule has 0 aliphatic carbocycles. The van der Waals surface area contributed by atoms with Crippen molar-refractivity contribution in [2.24, 2.45) is 0 Å². The van der Waals surface area contributed by atoms with Crippen LogP contribution in [0.4, 0.5) is 0 Å². The van der Waals surface area contributed by atoms with Gasteiger partial charge < -0.3 is 10.1 Å². The molecule has 0 radical (unpaired) electrons. The van der Waals surface area contributed by atoms with Gasteiger partial charge in [0, 0.05) is 6.54 Å². The first kappa shape index (κ1) is 9.06. The molecule has 1 aliphatic heterocycles. The van der Waals surface area contributed by atoms with Crippen molar-refractivity contribution in [2.45, 2.75) is 18.9 Å². The lowest BCUT2D eigenvalue weighted by Gasteiger charge is -2.22. The first-order valence-corrected chi connectivity index (χ1v) is 4.86. The Balaban J connectivity index is 2.00. The van der Waals surface area contributed by atoms with E-state index in [1.807, 2.05) is 30.3 Å². The topological polar surface area (TPSA) is 38.3 Å². The molecule has 2 rings (SSSR count). The number of hydrogen-bond acceptors (Lipinski definition) is 2. The third-order valence-corrected chi connectivity index (χ3v) is 2.26. The van der Waals surface area contributed by atoms with Crippen molar-refractivity contribution in [1.29, 1.82) is 0 Å². The molecule has 1 aliphatic rings. The molecule has 1 saturated heterocycles. The van der Waals surface area contributed by atoms with Crippen LogP contribution in [0.15, 0.2) is 30.3 Å². The van der Waals surface area contributed by atoms with Gasteiger partial charge in [-0.2, -0.15) is 0 Å². The van der Waals surface area contributed by atoms with Gasteiger partial charge in [0.25, 0.3) is 5.91 Å². The molecule has 1 heterocycles. The fraction of sp³-hybridized carbons (Fsp3) is 0.364. The smallest absolute Gasteiger partial charge is 0.261 e. The van der Waals surface area contributed by atoms with Crippen molar-refractivity contribution in [3.63, 3.8) is 0 Å². The van der Waals surface area contributed by atoms with E-state index in [9.17, 15) is 4.79 Å². The number of benzene rings is 1. The Morgan fingerprint density at radius 1 is 1.29 bits per heavy atom. The Labute approximate surface area is 83.1 Å². The molecule has 74 valence electrons. The summed E-state index contributed by atoms with van der Waals surface area (Å²) in [6.07, 6.45) is 1.48. The molecule has 14 heavy (non-hydrogen) atoms. The maximum absolute atomic E-state index is 11.4. The standard InChI is InChI=1S/C11H13NO2/c13-11-10(7-4-8-12-11)14-9-5-2-1-3-6-9/h1-3,5-6,10H,4,7-8H2,(H,12,13). The average Bonchev–Trinajstić information content (AvgIpc) is 2.23. The molecule has 1 fully saturated rings. The van der Waals surface area contributed by atoms with Crippen molar-refractivity contribution in [1.82, 2.24) is 5.32 Å². The minimum Gasteiger partial charge on any atom is -0.481 e. The minimum atomic E-state index is -0.314. The molecule has 1 N–H and O–H groups in total. The van der Waals surface area contributed by atoms with Gasteiger partial charge in [-0.15, -0.1) is 0 Å². The van der Waals surface area contributed by atoms with Crippen molar-refractivity contribution < 1.29 is 9.53 Å². The van der Waals surface area contributed by atoms with E-state index in [-0.39, 0.29) is 12.0 Å². The lowest BCUT2D eigenvalue weighted by Crippen LogP contribution is -2.43. The number of carbonyl (C=O) groups excluding carboxylic acids is 1. The second kappa shape index (κ2) is 4.13. The van der Waals surface area contributed by atoms with E-state index in [1.165, 1.54) is 0 Å². The van der Waals surface area contributed by atoms with Crippen molar-refractivity contribution in [3.05, 3.63) is 30.3 Å². The van der Waals surface area contributed by atoms with Crippen LogP contribution >= 0.6 is 0 Å². The Morgan fingerprint density at radius 3 is 2.79 bits per heavy atom. The minimum absolute atomic E-state index is 0.0000954. The zero-order valence-corrected chi connectivity index (χ0v) is 7.90. The largest absolute Gasteiger partial charge is 0.481 e. The summed E-state index contributed by atoms with van der Waals surface area (Å²) < 4.78 is 5.56. The molecule has 1 aromatic carbocycles. The van der Waals surface area contributed by atoms with Crippen molar-refractivity contribution >= 4 is 5.91 Å². The third-order valence-electron chi connectivity index (χ3n) is 2.26. The molecular formula is C11H13NO2. The first-order valence-electron chi connectivity index (χ1n) is 4.86. The number of rotatable bonds is 2. The number of para-hydroxylation sites is 1. The molecule has 3 nitrogen and oxygen atoms in total. The monoisotopic (exact) mass is 191 g/mol. The van der Waals surface area contributed by atoms with Gasteiger partial charge in [-0.25, -0.2) is 0 Å². The molecule has 0 spiro atoms. The van der Waals surface area contributed by atoms with E-state index in [4.69, 9.17) is 4.74 Å². The highest BCUT2D eigenvalue weighted by atomic mass is 16.5. The first-order chi connectivity index (χ1) is 6.86. The van der Waals surface area contributed by atoms with Gasteiger partial charge in [-0.3, -0.25) is 4.79 Å². The highest BCUT2D eigenvalue weighted by Gasteiger charge is 2.23. The normalized spacial score (nSPS) is 21.4. The Morgan fingerprint density at radius 2 is 2.07 bits per heavy atom. The summed E-state index contributed by atoms with van der Waals surface area (Å²) in [5.74, 6) is 0.759. The highest BCUT2D eigenvalue weighted by molar-refractivity contribution is 5.81. The van der Waals surface area contributed by atoms with Crippen LogP contribution in [0.1, 0.15) is 12.8 Å². The quantitative estimate of drug-likeness (QED) is 0.766. The van der Waals surface area contributed by atoms with E-state index >= 15 is 0 Å². The average molecular weight is 191 g/mol. The van der Waals surface area contributed by atoms with Crippen LogP contribution in [0.3, 0.4) is 0 Å². The second-order valence-electron chi connectivity index (χ2n) is 3.35. The van der Waals surface area contributed by atoms with Crippen LogP contribution in [0.25, 0.3) is 0 Å². The van der Waals surface area contributed by atoms with Crippen LogP contribution in [-0.2, 0) is 4.79 Å². The fourth-order valence-electron chi connectivity index (χ4n) is 1.52. The molecule has 1 atom stereocenters. The molecule has 1 amide bonds. The molecule has 0 bridgehead atoms. The van der Waals surface area contributed by atoms with Crippen LogP contribution in [-0.4, -0.2) is 18.6 Å². The van der Waals surface area contributed by atoms with E-state index < -0.39 is 0 Å². The van der Waals surface area contributed by atoms with Gasteiger partial charge in [0.15, 0.2) is 6.10 Å². The maximum Gasteiger partial charge on any atom is 0.261 e. The number of piperidine rings is 1. The third kappa shape index (κ3) is 2.05. The summed E-state index contributed by atoms with van der Waals surface area (Å²) in [4.78, 5) is 11.4. The predicted octanol–water partition coefficient (Wildman–Crippen LogP) is 1.34. The lowest BCUT2D eigenvalue weighted by atomic mass is 10.1. The molecule has 0 saturated carbocycles. The van der Waals surface area contributed by atoms with Crippen molar-refractivity contribution in [3.8, 4) is 5.75 Å². The van der Waals surface area contributed by atoms with Crippen molar-refractivity contribution in [2.75, 3.05) is 6.54 Å². The number of ether oxygens (including phenoxy) is 1. The second-order valence-corrected chi connectivity index (χ2v) is 3.35. The number of amides is 1. The van der Waals surface area contributed by atoms with Gasteiger partial charge in [0.05, 0.1) is 0 Å². The SMILES string of the molecule is O=C1NCCCC1Oc1ccccc1. The Kier molecular flexibility index (Phi) is 2.68. The summed E-state index contributed by atoms with van der Waals surface area (Å²) in [6.45, 7) is 0.771. The van der Waals surface area contributed by atoms with E-state index in [0.717, 1.165) is 25.1 Å². The Bertz CT molecular complexity index is 310. The van der Waals surface area contributed by atoms with Crippen LogP contribution in [0, 0.1) is 0 Å². The lowest BCUT2D eigenvalue weighted by molar-refractivity contribution is -0.129. The van der Waals surface area contributed by atoms with Gasteiger partial charge in [0.2, 0.25) is 0 Å². The van der Waals surface area contributed by atoms with Gasteiger partial charge in [-0.05, 0) is 25.0 Å². The summed E-state index contributed by atoms with van der Waals surface area (Å²) >= 11 is 0. The van der Waals surface area contributed by atoms with E-state index in [0.29, 0.717) is 0 Å². The zero-order chi connectivity index (χ0) is 9.80. The molecule has 1 aromatic rings. The van der Waals surface area contributed by atoms with E-state index in [1.54, 1.807) is 0 Å². The van der Waals surface area contributed by atoms with Gasteiger partial charge in [-0.1, -0.05) is 18.2 Å². The number of hydrogen-bond donors (Lipinski definition) is 1. The molecule has 3 heteroatoms. The molecular weight excluding hydrogens is 178 g/mol. The predicted molar refractivity (Wildman–Crippen MR) is 53.1 cm³/mol. The van der Waals surface area contributed by atoms with Gasteiger partial charge in [0.1, 0.15) is 5.75 Å². The van der Waals surface area contributed by atoms with Gasteiger partial charge >= 0.3 is 0 Å². The summed E-state index contributed by atoms with van der Waals surface area (Å²) in [5, 5.41) is 2.79. The number of nitrogens with one attached hydrogen (secondary N) is 1. The summed E-state index contributed by atoms with van der Waals surface area (Å²) in [7, 11) is 0. The van der Waals surface area contributed by atoms with Crippen LogP contribution in [0.5, 0.6) is 5.75 Å². The molecule has 0 aromatic heterocycles. The molecule has 1 unspecified atom stereocenters. The fourth-order valence-corrected chi connectivity index (χ4v) is 1.52. The van der Waals surface area contributed by atoms with Crippen LogP contribution in [0.2, 0.25) is 0 Å². The number of carbonyl (C=O) groups is 1. The Hall–Kier alpha value is -1.51. The zero-order valence-electron chi connectivity index (χ0n) is 7.90.